The summed E-state index contributed by atoms with van der Waals surface area (Å²) in [6.45, 7) is 6.52. The third kappa shape index (κ3) is 3.90. The molecule has 0 radical (unpaired) electrons. The lowest BCUT2D eigenvalue weighted by Crippen LogP contribution is -2.14. The molecular weight excluding hydrogens is 385 g/mol. The smallest absolute Gasteiger partial charge is 0.310 e. The fraction of sp³-hybridized carbons (Fsp3) is 0.526. The topological polar surface area (TPSA) is 35.5 Å². The summed E-state index contributed by atoms with van der Waals surface area (Å²) >= 11 is 11.4. The van der Waals surface area contributed by atoms with Crippen molar-refractivity contribution in [2.75, 3.05) is 7.11 Å². The molecule has 2 atom stereocenters. The van der Waals surface area contributed by atoms with Crippen LogP contribution in [-0.4, -0.2) is 13.1 Å². The summed E-state index contributed by atoms with van der Waals surface area (Å²) in [6, 6.07) is 0. The second-order valence-corrected chi connectivity index (χ2v) is 8.16. The molecule has 0 saturated heterocycles. The molecule has 0 spiro atoms. The van der Waals surface area contributed by atoms with Crippen LogP contribution in [0, 0.1) is 42.7 Å². The molecule has 26 heavy (non-hydrogen) atoms. The number of hydrogen-bond acceptors (Lipinski definition) is 3. The van der Waals surface area contributed by atoms with Gasteiger partial charge in [0.2, 0.25) is 0 Å². The van der Waals surface area contributed by atoms with E-state index in [9.17, 15) is 13.6 Å². The second-order valence-electron chi connectivity index (χ2n) is 7.16. The van der Waals surface area contributed by atoms with E-state index in [1.165, 1.54) is 21.0 Å². The number of hydrogen-bond donors (Lipinski definition) is 0. The molecule has 0 N–H and O–H groups in total. The van der Waals surface area contributed by atoms with Gasteiger partial charge in [-0.3, -0.25) is 4.79 Å². The highest BCUT2D eigenvalue weighted by atomic mass is 35.5. The molecule has 1 aliphatic rings. The van der Waals surface area contributed by atoms with E-state index in [0.29, 0.717) is 5.56 Å². The highest BCUT2D eigenvalue weighted by Crippen LogP contribution is 2.60. The molecule has 0 bridgehead atoms. The van der Waals surface area contributed by atoms with E-state index in [1.54, 1.807) is 6.08 Å². The maximum Gasteiger partial charge on any atom is 0.310 e. The zero-order chi connectivity index (χ0) is 19.8. The van der Waals surface area contributed by atoms with Crippen molar-refractivity contribution in [2.45, 2.75) is 40.9 Å². The lowest BCUT2D eigenvalue weighted by atomic mass is 9.98. The van der Waals surface area contributed by atoms with Crippen LogP contribution in [0.1, 0.15) is 36.1 Å². The van der Waals surface area contributed by atoms with Crippen LogP contribution in [0.5, 0.6) is 0 Å². The average molecular weight is 407 g/mol. The van der Waals surface area contributed by atoms with Crippen LogP contribution in [0.4, 0.5) is 8.78 Å². The number of carbonyl (C=O) groups is 1. The minimum Gasteiger partial charge on any atom is -0.461 e. The first-order valence-electron chi connectivity index (χ1n) is 8.18. The van der Waals surface area contributed by atoms with E-state index in [2.05, 4.69) is 0 Å². The Kier molecular flexibility index (Phi) is 6.36. The van der Waals surface area contributed by atoms with Gasteiger partial charge >= 0.3 is 5.97 Å². The van der Waals surface area contributed by atoms with E-state index < -0.39 is 23.5 Å². The van der Waals surface area contributed by atoms with E-state index in [-0.39, 0.29) is 45.7 Å². The highest BCUT2D eigenvalue weighted by Gasteiger charge is 2.61. The molecule has 2 rings (SSSR count). The molecule has 1 aliphatic carbocycles. The molecule has 1 fully saturated rings. The largest absolute Gasteiger partial charge is 0.461 e. The van der Waals surface area contributed by atoms with Gasteiger partial charge in [-0.25, -0.2) is 8.78 Å². The fourth-order valence-electron chi connectivity index (χ4n) is 3.39. The zero-order valence-electron chi connectivity index (χ0n) is 15.4. The third-order valence-corrected chi connectivity index (χ3v) is 5.46. The van der Waals surface area contributed by atoms with Crippen LogP contribution in [0.3, 0.4) is 0 Å². The molecule has 0 amide bonds. The van der Waals surface area contributed by atoms with Gasteiger partial charge in [-0.05, 0) is 42.4 Å². The Morgan fingerprint density at radius 3 is 2.12 bits per heavy atom. The van der Waals surface area contributed by atoms with Crippen molar-refractivity contribution in [3.63, 3.8) is 0 Å². The Labute approximate surface area is 162 Å². The first-order valence-corrected chi connectivity index (χ1v) is 8.93. The van der Waals surface area contributed by atoms with Gasteiger partial charge in [0.1, 0.15) is 22.7 Å². The van der Waals surface area contributed by atoms with Crippen molar-refractivity contribution in [2.24, 2.45) is 17.3 Å². The van der Waals surface area contributed by atoms with Gasteiger partial charge in [0.25, 0.3) is 0 Å². The molecule has 1 aromatic carbocycles. The predicted molar refractivity (Wildman–Crippen MR) is 96.9 cm³/mol. The maximum atomic E-state index is 14.4. The van der Waals surface area contributed by atoms with Crippen LogP contribution in [0.2, 0.25) is 0 Å². The third-order valence-electron chi connectivity index (χ3n) is 5.21. The predicted octanol–water partition coefficient (Wildman–Crippen LogP) is 5.36. The van der Waals surface area contributed by atoms with Gasteiger partial charge in [0.05, 0.1) is 12.5 Å². The molecule has 1 aromatic rings. The maximum absolute atomic E-state index is 14.4. The van der Waals surface area contributed by atoms with E-state index in [0.717, 1.165) is 0 Å². The van der Waals surface area contributed by atoms with E-state index in [4.69, 9.17) is 32.7 Å². The van der Waals surface area contributed by atoms with Crippen LogP contribution in [0.15, 0.2) is 10.6 Å². The second kappa shape index (κ2) is 7.83. The highest BCUT2D eigenvalue weighted by molar-refractivity contribution is 6.55. The molecule has 3 nitrogen and oxygen atoms in total. The van der Waals surface area contributed by atoms with Crippen molar-refractivity contribution >= 4 is 29.2 Å². The number of methoxy groups -OCH3 is 1. The van der Waals surface area contributed by atoms with Gasteiger partial charge in [-0.1, -0.05) is 37.0 Å². The number of ether oxygens (including phenoxy) is 2. The standard InChI is InChI=1S/C19H22Cl2F2O3/c1-9-11(10(2)17(23)12(7-25-5)16(9)22)8-26-18(24)15-13(6-14(20)21)19(15,3)4/h6,13,15H,7-8H2,1-5H3/t13-,15+/m0/s1. The van der Waals surface area contributed by atoms with Gasteiger partial charge in [-0.15, -0.1) is 0 Å². The number of halogens is 4. The van der Waals surface area contributed by atoms with Crippen LogP contribution in [-0.2, 0) is 27.5 Å². The molecule has 0 aromatic heterocycles. The minimum atomic E-state index is -0.678. The molecule has 144 valence electrons. The van der Waals surface area contributed by atoms with Crippen LogP contribution in [0.25, 0.3) is 0 Å². The van der Waals surface area contributed by atoms with Crippen molar-refractivity contribution < 1.29 is 23.0 Å². The SMILES string of the molecule is COCc1c(F)c(C)c(COC(=O)[C@H]2[C@H](C=C(Cl)Cl)C2(C)C)c(C)c1F. The minimum absolute atomic E-state index is 0.0999. The van der Waals surface area contributed by atoms with Crippen molar-refractivity contribution in [3.05, 3.63) is 44.5 Å². The average Bonchev–Trinajstić information content (AvgIpc) is 3.09. The Bertz CT molecular complexity index is 727. The number of benzene rings is 1. The monoisotopic (exact) mass is 406 g/mol. The van der Waals surface area contributed by atoms with E-state index in [1.807, 2.05) is 13.8 Å². The van der Waals surface area contributed by atoms with E-state index >= 15 is 0 Å². The van der Waals surface area contributed by atoms with Gasteiger partial charge in [-0.2, -0.15) is 0 Å². The number of carbonyl (C=O) groups excluding carboxylic acids is 1. The lowest BCUT2D eigenvalue weighted by Gasteiger charge is -2.16. The zero-order valence-corrected chi connectivity index (χ0v) is 16.9. The lowest BCUT2D eigenvalue weighted by molar-refractivity contribution is -0.147. The number of rotatable bonds is 6. The van der Waals surface area contributed by atoms with Gasteiger partial charge < -0.3 is 9.47 Å². The van der Waals surface area contributed by atoms with Gasteiger partial charge in [0.15, 0.2) is 0 Å². The fourth-order valence-corrected chi connectivity index (χ4v) is 3.66. The summed E-state index contributed by atoms with van der Waals surface area (Å²) in [5.41, 5.74) is 0.379. The summed E-state index contributed by atoms with van der Waals surface area (Å²) in [6.07, 6.45) is 1.62. The summed E-state index contributed by atoms with van der Waals surface area (Å²) in [7, 11) is 1.37. The molecule has 7 heteroatoms. The molecule has 1 saturated carbocycles. The van der Waals surface area contributed by atoms with Crippen molar-refractivity contribution in [3.8, 4) is 0 Å². The Balaban J connectivity index is 2.18. The quantitative estimate of drug-likeness (QED) is 0.596. The summed E-state index contributed by atoms with van der Waals surface area (Å²) < 4.78 is 39.1. The first-order chi connectivity index (χ1) is 12.0. The summed E-state index contributed by atoms with van der Waals surface area (Å²) in [5.74, 6) is -2.31. The van der Waals surface area contributed by atoms with Crippen molar-refractivity contribution in [1.29, 1.82) is 0 Å². The van der Waals surface area contributed by atoms with Crippen LogP contribution < -0.4 is 0 Å². The first kappa shape index (κ1) is 21.1. The van der Waals surface area contributed by atoms with Crippen molar-refractivity contribution in [1.82, 2.24) is 0 Å². The molecule has 0 heterocycles. The molecule has 0 unspecified atom stereocenters. The number of esters is 1. The Morgan fingerprint density at radius 2 is 1.65 bits per heavy atom. The summed E-state index contributed by atoms with van der Waals surface area (Å²) in [4.78, 5) is 12.4. The normalized spacial score (nSPS) is 20.7. The van der Waals surface area contributed by atoms with Gasteiger partial charge in [0, 0.05) is 18.2 Å². The summed E-state index contributed by atoms with van der Waals surface area (Å²) in [5, 5.41) is 0. The molecular formula is C19H22Cl2F2O3. The molecule has 0 aliphatic heterocycles. The Hall–Kier alpha value is -1.17. The van der Waals surface area contributed by atoms with Crippen LogP contribution >= 0.6 is 23.2 Å². The number of allylic oxidation sites excluding steroid dienone is 1. The Morgan fingerprint density at radius 1 is 1.12 bits per heavy atom.